The van der Waals surface area contributed by atoms with Crippen molar-refractivity contribution in [2.75, 3.05) is 19.7 Å². The lowest BCUT2D eigenvalue weighted by molar-refractivity contribution is -0.125. The van der Waals surface area contributed by atoms with Crippen LogP contribution >= 0.6 is 0 Å². The standard InChI is InChI=1S/C16H26N2O3/c1-4-12-6-5-7-14(8-12)21-10-13(19)9-18-11-16(2,3)15(17)20/h5-8,13,18-19H,4,9-11H2,1-3H3,(H2,17,20). The Kier molecular flexibility index (Phi) is 6.65. The van der Waals surface area contributed by atoms with Gasteiger partial charge in [0.05, 0.1) is 5.41 Å². The van der Waals surface area contributed by atoms with Gasteiger partial charge >= 0.3 is 0 Å². The molecule has 5 nitrogen and oxygen atoms in total. The van der Waals surface area contributed by atoms with E-state index >= 15 is 0 Å². The number of nitrogens with two attached hydrogens (primary N) is 1. The van der Waals surface area contributed by atoms with Crippen molar-refractivity contribution < 1.29 is 14.6 Å². The second-order valence-electron chi connectivity index (χ2n) is 5.84. The maximum absolute atomic E-state index is 11.2. The van der Waals surface area contributed by atoms with Crippen LogP contribution in [0.25, 0.3) is 0 Å². The van der Waals surface area contributed by atoms with Crippen LogP contribution in [0.1, 0.15) is 26.3 Å². The molecule has 1 aromatic rings. The van der Waals surface area contributed by atoms with Gasteiger partial charge in [-0.05, 0) is 38.0 Å². The molecule has 4 N–H and O–H groups in total. The van der Waals surface area contributed by atoms with Gasteiger partial charge in [-0.25, -0.2) is 0 Å². The molecule has 0 spiro atoms. The van der Waals surface area contributed by atoms with Crippen molar-refractivity contribution in [3.8, 4) is 5.75 Å². The topological polar surface area (TPSA) is 84.6 Å². The first-order valence-electron chi connectivity index (χ1n) is 7.25. The van der Waals surface area contributed by atoms with Crippen LogP contribution in [0.3, 0.4) is 0 Å². The number of nitrogens with one attached hydrogen (secondary N) is 1. The largest absolute Gasteiger partial charge is 0.491 e. The summed E-state index contributed by atoms with van der Waals surface area (Å²) in [6.45, 7) is 6.59. The number of aryl methyl sites for hydroxylation is 1. The molecule has 1 aromatic carbocycles. The van der Waals surface area contributed by atoms with Crippen molar-refractivity contribution in [3.05, 3.63) is 29.8 Å². The third kappa shape index (κ3) is 6.14. The Morgan fingerprint density at radius 1 is 1.48 bits per heavy atom. The minimum Gasteiger partial charge on any atom is -0.491 e. The fourth-order valence-corrected chi connectivity index (χ4v) is 1.74. The summed E-state index contributed by atoms with van der Waals surface area (Å²) < 4.78 is 5.56. The van der Waals surface area contributed by atoms with Crippen molar-refractivity contribution in [2.24, 2.45) is 11.1 Å². The Bertz CT molecular complexity index is 461. The molecule has 0 aliphatic carbocycles. The lowest BCUT2D eigenvalue weighted by atomic mass is 9.93. The first-order chi connectivity index (χ1) is 9.85. The minimum absolute atomic E-state index is 0.206. The third-order valence-electron chi connectivity index (χ3n) is 3.36. The van der Waals surface area contributed by atoms with E-state index in [0.29, 0.717) is 13.1 Å². The van der Waals surface area contributed by atoms with Crippen molar-refractivity contribution >= 4 is 5.91 Å². The van der Waals surface area contributed by atoms with Gasteiger partial charge < -0.3 is 20.9 Å². The molecule has 1 atom stereocenters. The van der Waals surface area contributed by atoms with Gasteiger partial charge in [0.25, 0.3) is 0 Å². The molecule has 1 rings (SSSR count). The van der Waals surface area contributed by atoms with Gasteiger partial charge in [-0.15, -0.1) is 0 Å². The molecule has 0 radical (unpaired) electrons. The van der Waals surface area contributed by atoms with Gasteiger partial charge in [0.1, 0.15) is 18.5 Å². The van der Waals surface area contributed by atoms with Crippen LogP contribution < -0.4 is 15.8 Å². The number of carbonyl (C=O) groups excluding carboxylic acids is 1. The maximum Gasteiger partial charge on any atom is 0.224 e. The number of amides is 1. The summed E-state index contributed by atoms with van der Waals surface area (Å²) >= 11 is 0. The smallest absolute Gasteiger partial charge is 0.224 e. The summed E-state index contributed by atoms with van der Waals surface area (Å²) in [5, 5.41) is 12.9. The van der Waals surface area contributed by atoms with Gasteiger partial charge in [0, 0.05) is 13.1 Å². The highest BCUT2D eigenvalue weighted by molar-refractivity contribution is 5.80. The molecule has 0 aromatic heterocycles. The van der Waals surface area contributed by atoms with Crippen LogP contribution in [0.5, 0.6) is 5.75 Å². The second kappa shape index (κ2) is 8.00. The van der Waals surface area contributed by atoms with E-state index in [1.807, 2.05) is 24.3 Å². The van der Waals surface area contributed by atoms with Gasteiger partial charge in [-0.1, -0.05) is 19.1 Å². The highest BCUT2D eigenvalue weighted by Crippen LogP contribution is 2.14. The molecule has 0 bridgehead atoms. The molecule has 0 saturated carbocycles. The van der Waals surface area contributed by atoms with Crippen LogP contribution in [0, 0.1) is 5.41 Å². The molecule has 5 heteroatoms. The Morgan fingerprint density at radius 3 is 2.81 bits per heavy atom. The molecule has 1 unspecified atom stereocenters. The molecule has 0 aliphatic heterocycles. The summed E-state index contributed by atoms with van der Waals surface area (Å²) in [6, 6.07) is 7.82. The number of primary amides is 1. The predicted octanol–water partition coefficient (Wildman–Crippen LogP) is 1.09. The van der Waals surface area contributed by atoms with Gasteiger partial charge in [-0.2, -0.15) is 0 Å². The number of benzene rings is 1. The molecule has 118 valence electrons. The predicted molar refractivity (Wildman–Crippen MR) is 83.2 cm³/mol. The van der Waals surface area contributed by atoms with Gasteiger partial charge in [0.15, 0.2) is 0 Å². The number of rotatable bonds is 9. The fraction of sp³-hybridized carbons (Fsp3) is 0.562. The third-order valence-corrected chi connectivity index (χ3v) is 3.36. The van der Waals surface area contributed by atoms with Crippen LogP contribution in [0.15, 0.2) is 24.3 Å². The minimum atomic E-state index is -0.640. The van der Waals surface area contributed by atoms with Gasteiger partial charge in [0.2, 0.25) is 5.91 Å². The number of aliphatic hydroxyl groups excluding tert-OH is 1. The number of aliphatic hydroxyl groups is 1. The molecule has 1 amide bonds. The summed E-state index contributed by atoms with van der Waals surface area (Å²) in [6.07, 6.45) is 0.308. The summed E-state index contributed by atoms with van der Waals surface area (Å²) in [5.41, 5.74) is 5.85. The summed E-state index contributed by atoms with van der Waals surface area (Å²) in [7, 11) is 0. The van der Waals surface area contributed by atoms with E-state index in [0.717, 1.165) is 12.2 Å². The van der Waals surface area contributed by atoms with E-state index in [2.05, 4.69) is 12.2 Å². The molecule has 0 fully saturated rings. The Morgan fingerprint density at radius 2 is 2.19 bits per heavy atom. The SMILES string of the molecule is CCc1cccc(OCC(O)CNCC(C)(C)C(N)=O)c1. The first kappa shape index (κ1) is 17.5. The molecule has 0 saturated heterocycles. The Labute approximate surface area is 126 Å². The van der Waals surface area contributed by atoms with Crippen molar-refractivity contribution in [1.82, 2.24) is 5.32 Å². The van der Waals surface area contributed by atoms with E-state index in [4.69, 9.17) is 10.5 Å². The quantitative estimate of drug-likeness (QED) is 0.636. The molecule has 0 heterocycles. The van der Waals surface area contributed by atoms with Crippen LogP contribution in [-0.2, 0) is 11.2 Å². The highest BCUT2D eigenvalue weighted by Gasteiger charge is 2.24. The van der Waals surface area contributed by atoms with E-state index in [1.165, 1.54) is 5.56 Å². The van der Waals surface area contributed by atoms with Crippen LogP contribution in [0.4, 0.5) is 0 Å². The average molecular weight is 294 g/mol. The molecular formula is C16H26N2O3. The number of hydrogen-bond donors (Lipinski definition) is 3. The zero-order valence-corrected chi connectivity index (χ0v) is 13.1. The van der Waals surface area contributed by atoms with E-state index in [1.54, 1.807) is 13.8 Å². The van der Waals surface area contributed by atoms with Crippen molar-refractivity contribution in [2.45, 2.75) is 33.3 Å². The van der Waals surface area contributed by atoms with Gasteiger partial charge in [-0.3, -0.25) is 4.79 Å². The van der Waals surface area contributed by atoms with Crippen LogP contribution in [0.2, 0.25) is 0 Å². The Balaban J connectivity index is 2.31. The zero-order chi connectivity index (χ0) is 15.9. The number of ether oxygens (including phenoxy) is 1. The highest BCUT2D eigenvalue weighted by atomic mass is 16.5. The van der Waals surface area contributed by atoms with Crippen molar-refractivity contribution in [1.29, 1.82) is 0 Å². The summed E-state index contributed by atoms with van der Waals surface area (Å²) in [5.74, 6) is 0.392. The normalized spacial score (nSPS) is 13.0. The average Bonchev–Trinajstić information content (AvgIpc) is 2.45. The lowest BCUT2D eigenvalue weighted by Crippen LogP contribution is -2.43. The molecular weight excluding hydrogens is 268 g/mol. The monoisotopic (exact) mass is 294 g/mol. The van der Waals surface area contributed by atoms with E-state index in [-0.39, 0.29) is 12.5 Å². The first-order valence-corrected chi connectivity index (χ1v) is 7.25. The van der Waals surface area contributed by atoms with Crippen molar-refractivity contribution in [3.63, 3.8) is 0 Å². The van der Waals surface area contributed by atoms with E-state index in [9.17, 15) is 9.90 Å². The lowest BCUT2D eigenvalue weighted by Gasteiger charge is -2.22. The second-order valence-corrected chi connectivity index (χ2v) is 5.84. The fourth-order valence-electron chi connectivity index (χ4n) is 1.74. The van der Waals surface area contributed by atoms with Crippen LogP contribution in [-0.4, -0.2) is 36.8 Å². The Hall–Kier alpha value is -1.59. The molecule has 0 aliphatic rings. The number of carbonyl (C=O) groups is 1. The maximum atomic E-state index is 11.2. The molecule has 21 heavy (non-hydrogen) atoms. The van der Waals surface area contributed by atoms with E-state index < -0.39 is 11.5 Å². The summed E-state index contributed by atoms with van der Waals surface area (Å²) in [4.78, 5) is 11.2. The zero-order valence-electron chi connectivity index (χ0n) is 13.1. The number of hydrogen-bond acceptors (Lipinski definition) is 4.